The van der Waals surface area contributed by atoms with E-state index in [2.05, 4.69) is 15.3 Å². The zero-order valence-electron chi connectivity index (χ0n) is 15.3. The molecule has 4 rings (SSSR count). The molecule has 0 amide bonds. The second kappa shape index (κ2) is 7.51. The first-order valence-corrected chi connectivity index (χ1v) is 9.35. The number of imidazole rings is 1. The molecular weight excluding hydrogens is 384 g/mol. The number of nitrogens with zero attached hydrogens (tertiary/aromatic N) is 4. The first kappa shape index (κ1) is 18.9. The van der Waals surface area contributed by atoms with Crippen LogP contribution in [0.2, 0.25) is 5.02 Å². The molecule has 0 radical (unpaired) electrons. The zero-order valence-corrected chi connectivity index (χ0v) is 16.1. The van der Waals surface area contributed by atoms with Crippen LogP contribution in [0, 0.1) is 0 Å². The standard InChI is InChI=1S/C18H21ClN6O3/c1-24-14-9-21-17(22-13-3-2-10(15(20)26)8-12(13)19)23-16(14)25(18(24)27)11-4-6-28-7-5-11/h2-3,8-9,11,15,26H,4-7,20H2,1H3,(H,21,22,23). The van der Waals surface area contributed by atoms with Crippen LogP contribution in [-0.4, -0.2) is 37.4 Å². The fraction of sp³-hybridized carbons (Fsp3) is 0.389. The molecule has 1 aliphatic heterocycles. The molecular formula is C18H21ClN6O3. The molecule has 4 N–H and O–H groups in total. The topological polar surface area (TPSA) is 120 Å². The number of hydrogen-bond donors (Lipinski definition) is 3. The number of halogens is 1. The molecule has 0 spiro atoms. The summed E-state index contributed by atoms with van der Waals surface area (Å²) in [5.41, 5.74) is 7.65. The number of nitrogens with one attached hydrogen (secondary N) is 1. The van der Waals surface area contributed by atoms with Crippen molar-refractivity contribution < 1.29 is 9.84 Å². The minimum Gasteiger partial charge on any atom is -0.381 e. The van der Waals surface area contributed by atoms with Crippen LogP contribution in [0.5, 0.6) is 0 Å². The molecule has 1 atom stereocenters. The van der Waals surface area contributed by atoms with E-state index in [-0.39, 0.29) is 11.7 Å². The number of nitrogens with two attached hydrogens (primary N) is 1. The number of benzene rings is 1. The number of rotatable bonds is 4. The van der Waals surface area contributed by atoms with Crippen molar-refractivity contribution in [3.63, 3.8) is 0 Å². The monoisotopic (exact) mass is 404 g/mol. The molecule has 1 fully saturated rings. The van der Waals surface area contributed by atoms with Gasteiger partial charge in [0.2, 0.25) is 5.95 Å². The fourth-order valence-electron chi connectivity index (χ4n) is 3.41. The number of anilines is 2. The van der Waals surface area contributed by atoms with Gasteiger partial charge >= 0.3 is 5.69 Å². The van der Waals surface area contributed by atoms with Gasteiger partial charge in [0, 0.05) is 26.3 Å². The van der Waals surface area contributed by atoms with Gasteiger partial charge in [-0.3, -0.25) is 9.13 Å². The lowest BCUT2D eigenvalue weighted by Crippen LogP contribution is -2.30. The predicted octanol–water partition coefficient (Wildman–Crippen LogP) is 1.83. The summed E-state index contributed by atoms with van der Waals surface area (Å²) in [5, 5.41) is 12.9. The van der Waals surface area contributed by atoms with Gasteiger partial charge < -0.3 is 20.9 Å². The minimum atomic E-state index is -1.10. The number of aryl methyl sites for hydroxylation is 1. The van der Waals surface area contributed by atoms with Crippen molar-refractivity contribution in [1.82, 2.24) is 19.1 Å². The van der Waals surface area contributed by atoms with Crippen LogP contribution >= 0.6 is 11.6 Å². The maximum Gasteiger partial charge on any atom is 0.330 e. The highest BCUT2D eigenvalue weighted by atomic mass is 35.5. The minimum absolute atomic E-state index is 0.0432. The van der Waals surface area contributed by atoms with Crippen LogP contribution in [0.25, 0.3) is 11.2 Å². The number of aliphatic hydroxyl groups excluding tert-OH is 1. The van der Waals surface area contributed by atoms with Gasteiger partial charge in [0.1, 0.15) is 11.7 Å². The lowest BCUT2D eigenvalue weighted by molar-refractivity contribution is 0.0695. The molecule has 0 bridgehead atoms. The van der Waals surface area contributed by atoms with Gasteiger partial charge in [-0.05, 0) is 30.5 Å². The maximum absolute atomic E-state index is 12.8. The van der Waals surface area contributed by atoms with Gasteiger partial charge in [-0.2, -0.15) is 4.98 Å². The van der Waals surface area contributed by atoms with Crippen molar-refractivity contribution >= 4 is 34.4 Å². The van der Waals surface area contributed by atoms with E-state index in [0.717, 1.165) is 12.8 Å². The highest BCUT2D eigenvalue weighted by Gasteiger charge is 2.23. The van der Waals surface area contributed by atoms with Gasteiger partial charge in [0.25, 0.3) is 0 Å². The molecule has 148 valence electrons. The summed E-state index contributed by atoms with van der Waals surface area (Å²) in [4.78, 5) is 21.6. The van der Waals surface area contributed by atoms with Crippen LogP contribution in [0.15, 0.2) is 29.2 Å². The smallest absolute Gasteiger partial charge is 0.330 e. The third-order valence-electron chi connectivity index (χ3n) is 4.97. The Hall–Kier alpha value is -2.46. The van der Waals surface area contributed by atoms with Crippen LogP contribution < -0.4 is 16.7 Å². The Morgan fingerprint density at radius 1 is 1.39 bits per heavy atom. The molecule has 1 aliphatic rings. The summed E-state index contributed by atoms with van der Waals surface area (Å²) in [5.74, 6) is 0.321. The summed E-state index contributed by atoms with van der Waals surface area (Å²) >= 11 is 6.27. The second-order valence-electron chi connectivity index (χ2n) is 6.77. The van der Waals surface area contributed by atoms with Crippen molar-refractivity contribution in [1.29, 1.82) is 0 Å². The molecule has 1 aromatic carbocycles. The van der Waals surface area contributed by atoms with Crippen molar-refractivity contribution in [3.8, 4) is 0 Å². The molecule has 2 aromatic heterocycles. The van der Waals surface area contributed by atoms with Crippen LogP contribution in [0.3, 0.4) is 0 Å². The molecule has 28 heavy (non-hydrogen) atoms. The molecule has 1 saturated heterocycles. The average molecular weight is 405 g/mol. The first-order chi connectivity index (χ1) is 13.5. The van der Waals surface area contributed by atoms with E-state index in [1.807, 2.05) is 0 Å². The summed E-state index contributed by atoms with van der Waals surface area (Å²) < 4.78 is 8.69. The van der Waals surface area contributed by atoms with Crippen molar-refractivity contribution in [2.24, 2.45) is 12.8 Å². The van der Waals surface area contributed by atoms with Gasteiger partial charge in [-0.1, -0.05) is 17.7 Å². The molecule has 1 unspecified atom stereocenters. The van der Waals surface area contributed by atoms with E-state index >= 15 is 0 Å². The van der Waals surface area contributed by atoms with Crippen molar-refractivity contribution in [2.75, 3.05) is 18.5 Å². The second-order valence-corrected chi connectivity index (χ2v) is 7.17. The van der Waals surface area contributed by atoms with E-state index in [4.69, 9.17) is 22.1 Å². The largest absolute Gasteiger partial charge is 0.381 e. The average Bonchev–Trinajstić information content (AvgIpc) is 2.94. The zero-order chi connectivity index (χ0) is 19.8. The molecule has 3 heterocycles. The van der Waals surface area contributed by atoms with Crippen LogP contribution in [0.1, 0.15) is 30.7 Å². The highest BCUT2D eigenvalue weighted by Crippen LogP contribution is 2.28. The Morgan fingerprint density at radius 2 is 2.14 bits per heavy atom. The Bertz CT molecular complexity index is 1070. The third-order valence-corrected chi connectivity index (χ3v) is 5.28. The Balaban J connectivity index is 1.72. The van der Waals surface area contributed by atoms with Crippen LogP contribution in [-0.2, 0) is 11.8 Å². The van der Waals surface area contributed by atoms with Gasteiger partial charge in [0.05, 0.1) is 16.9 Å². The number of aromatic nitrogens is 4. The SMILES string of the molecule is Cn1c(=O)n(C2CCOCC2)c2nc(Nc3ccc(C(N)O)cc3Cl)ncc21. The van der Waals surface area contributed by atoms with Crippen molar-refractivity contribution in [3.05, 3.63) is 45.5 Å². The first-order valence-electron chi connectivity index (χ1n) is 8.97. The van der Waals surface area contributed by atoms with E-state index in [1.165, 1.54) is 0 Å². The van der Waals surface area contributed by atoms with E-state index in [0.29, 0.717) is 46.6 Å². The van der Waals surface area contributed by atoms with Crippen LogP contribution in [0.4, 0.5) is 11.6 Å². The predicted molar refractivity (Wildman–Crippen MR) is 106 cm³/mol. The van der Waals surface area contributed by atoms with E-state index in [9.17, 15) is 9.90 Å². The van der Waals surface area contributed by atoms with Gasteiger partial charge in [-0.15, -0.1) is 0 Å². The quantitative estimate of drug-likeness (QED) is 0.567. The molecule has 3 aromatic rings. The molecule has 0 saturated carbocycles. The third kappa shape index (κ3) is 3.37. The number of ether oxygens (including phenoxy) is 1. The lowest BCUT2D eigenvalue weighted by atomic mass is 10.1. The summed E-state index contributed by atoms with van der Waals surface area (Å²) in [6, 6.07) is 4.98. The fourth-order valence-corrected chi connectivity index (χ4v) is 3.64. The summed E-state index contributed by atoms with van der Waals surface area (Å²) in [6.07, 6.45) is 2.05. The maximum atomic E-state index is 12.8. The highest BCUT2D eigenvalue weighted by molar-refractivity contribution is 6.33. The van der Waals surface area contributed by atoms with Crippen molar-refractivity contribution in [2.45, 2.75) is 25.1 Å². The Morgan fingerprint density at radius 3 is 2.82 bits per heavy atom. The number of fused-ring (bicyclic) bond motifs is 1. The van der Waals surface area contributed by atoms with E-state index < -0.39 is 6.23 Å². The number of hydrogen-bond acceptors (Lipinski definition) is 7. The summed E-state index contributed by atoms with van der Waals surface area (Å²) in [7, 11) is 1.71. The Kier molecular flexibility index (Phi) is 5.07. The molecule has 0 aliphatic carbocycles. The van der Waals surface area contributed by atoms with E-state index in [1.54, 1.807) is 40.6 Å². The molecule has 9 nitrogen and oxygen atoms in total. The summed E-state index contributed by atoms with van der Waals surface area (Å²) in [6.45, 7) is 1.25. The Labute approximate surface area is 165 Å². The number of aliphatic hydroxyl groups is 1. The van der Waals surface area contributed by atoms with Gasteiger partial charge in [0.15, 0.2) is 5.65 Å². The normalized spacial score (nSPS) is 16.4. The molecule has 10 heteroatoms. The van der Waals surface area contributed by atoms with Gasteiger partial charge in [-0.25, -0.2) is 9.78 Å². The lowest BCUT2D eigenvalue weighted by Gasteiger charge is -2.22.